The third-order valence-electron chi connectivity index (χ3n) is 3.41. The number of rotatable bonds is 6. The largest absolute Gasteiger partial charge is 0.449 e. The highest BCUT2D eigenvalue weighted by Gasteiger charge is 2.19. The van der Waals surface area contributed by atoms with Crippen LogP contribution in [0.3, 0.4) is 0 Å². The highest BCUT2D eigenvalue weighted by molar-refractivity contribution is 6.30. The number of nitrogens with one attached hydrogen (secondary N) is 2. The van der Waals surface area contributed by atoms with Crippen LogP contribution in [0.2, 0.25) is 5.02 Å². The van der Waals surface area contributed by atoms with Crippen molar-refractivity contribution in [3.05, 3.63) is 59.1 Å². The van der Waals surface area contributed by atoms with Gasteiger partial charge in [0.05, 0.1) is 11.6 Å². The average molecular weight is 386 g/mol. The number of halogens is 1. The Bertz CT molecular complexity index is 873. The minimum absolute atomic E-state index is 0.222. The molecule has 0 fully saturated rings. The fourth-order valence-electron chi connectivity index (χ4n) is 2.03. The van der Waals surface area contributed by atoms with Crippen molar-refractivity contribution in [1.82, 2.24) is 0 Å². The van der Waals surface area contributed by atoms with Gasteiger partial charge in [0, 0.05) is 16.4 Å². The number of carbonyl (C=O) groups is 3. The highest BCUT2D eigenvalue weighted by Crippen LogP contribution is 2.15. The summed E-state index contributed by atoms with van der Waals surface area (Å²) in [6.07, 6.45) is -1.27. The van der Waals surface area contributed by atoms with E-state index in [9.17, 15) is 14.4 Å². The van der Waals surface area contributed by atoms with E-state index < -0.39 is 23.9 Å². The molecule has 0 bridgehead atoms. The van der Waals surface area contributed by atoms with Crippen molar-refractivity contribution in [2.24, 2.45) is 0 Å². The molecule has 138 valence electrons. The lowest BCUT2D eigenvalue weighted by Crippen LogP contribution is -2.30. The topological polar surface area (TPSA) is 108 Å². The number of anilines is 2. The van der Waals surface area contributed by atoms with Gasteiger partial charge in [-0.3, -0.25) is 9.59 Å². The maximum atomic E-state index is 12.1. The predicted octanol–water partition coefficient (Wildman–Crippen LogP) is 3.38. The van der Waals surface area contributed by atoms with Gasteiger partial charge in [0.15, 0.2) is 6.10 Å². The maximum absolute atomic E-state index is 12.1. The number of hydrogen-bond acceptors (Lipinski definition) is 5. The molecule has 1 atom stereocenters. The second-order valence-corrected chi connectivity index (χ2v) is 5.94. The smallest absolute Gasteiger partial charge is 0.338 e. The first-order valence-corrected chi connectivity index (χ1v) is 8.31. The van der Waals surface area contributed by atoms with Crippen LogP contribution in [0.25, 0.3) is 0 Å². The molecule has 0 heterocycles. The molecule has 2 amide bonds. The van der Waals surface area contributed by atoms with Crippen molar-refractivity contribution < 1.29 is 19.1 Å². The SMILES string of the molecule is C[C@H](OC(=O)c1ccc(NC(=O)CC#N)cc1)C(=O)Nc1ccc(Cl)cc1. The second kappa shape index (κ2) is 9.36. The molecule has 0 aliphatic heterocycles. The van der Waals surface area contributed by atoms with Crippen molar-refractivity contribution in [1.29, 1.82) is 5.26 Å². The molecule has 2 N–H and O–H groups in total. The summed E-state index contributed by atoms with van der Waals surface area (Å²) in [7, 11) is 0. The van der Waals surface area contributed by atoms with Crippen LogP contribution in [0.4, 0.5) is 11.4 Å². The van der Waals surface area contributed by atoms with Crippen LogP contribution in [0, 0.1) is 11.3 Å². The normalized spacial score (nSPS) is 11.0. The van der Waals surface area contributed by atoms with Gasteiger partial charge in [0.1, 0.15) is 6.42 Å². The Balaban J connectivity index is 1.91. The number of hydrogen-bond donors (Lipinski definition) is 2. The van der Waals surface area contributed by atoms with Crippen LogP contribution in [0.1, 0.15) is 23.7 Å². The van der Waals surface area contributed by atoms with Gasteiger partial charge in [-0.25, -0.2) is 4.79 Å². The Hall–Kier alpha value is -3.37. The van der Waals surface area contributed by atoms with Gasteiger partial charge in [0.25, 0.3) is 5.91 Å². The third-order valence-corrected chi connectivity index (χ3v) is 3.66. The fraction of sp³-hybridized carbons (Fsp3) is 0.158. The molecule has 0 unspecified atom stereocenters. The van der Waals surface area contributed by atoms with Crippen LogP contribution in [0.5, 0.6) is 0 Å². The lowest BCUT2D eigenvalue weighted by atomic mass is 10.2. The van der Waals surface area contributed by atoms with Crippen molar-refractivity contribution >= 4 is 40.8 Å². The molecule has 2 aromatic carbocycles. The zero-order valence-corrected chi connectivity index (χ0v) is 15.1. The molecule has 0 aliphatic rings. The number of esters is 1. The Morgan fingerprint density at radius 2 is 1.59 bits per heavy atom. The predicted molar refractivity (Wildman–Crippen MR) is 100 cm³/mol. The van der Waals surface area contributed by atoms with Crippen LogP contribution in [0.15, 0.2) is 48.5 Å². The molecule has 27 heavy (non-hydrogen) atoms. The molecule has 7 nitrogen and oxygen atoms in total. The molecule has 2 aromatic rings. The average Bonchev–Trinajstić information content (AvgIpc) is 2.64. The zero-order chi connectivity index (χ0) is 19.8. The van der Waals surface area contributed by atoms with E-state index in [1.54, 1.807) is 30.3 Å². The molecule has 0 saturated heterocycles. The standard InChI is InChI=1S/C19H16ClN3O4/c1-12(18(25)23-16-8-4-14(20)5-9-16)27-19(26)13-2-6-15(7-3-13)22-17(24)10-11-21/h2-9,12H,10H2,1H3,(H,22,24)(H,23,25)/t12-/m0/s1. The van der Waals surface area contributed by atoms with Gasteiger partial charge in [-0.1, -0.05) is 11.6 Å². The van der Waals surface area contributed by atoms with Gasteiger partial charge in [-0.05, 0) is 55.5 Å². The number of ether oxygens (including phenoxy) is 1. The van der Waals surface area contributed by atoms with E-state index in [4.69, 9.17) is 21.6 Å². The summed E-state index contributed by atoms with van der Waals surface area (Å²) in [5.41, 5.74) is 1.20. The van der Waals surface area contributed by atoms with E-state index in [1.165, 1.54) is 31.2 Å². The number of nitriles is 1. The summed E-state index contributed by atoms with van der Waals surface area (Å²) in [6.45, 7) is 1.46. The minimum Gasteiger partial charge on any atom is -0.449 e. The maximum Gasteiger partial charge on any atom is 0.338 e. The first-order chi connectivity index (χ1) is 12.9. The monoisotopic (exact) mass is 385 g/mol. The van der Waals surface area contributed by atoms with E-state index in [0.717, 1.165) is 0 Å². The first-order valence-electron chi connectivity index (χ1n) is 7.93. The number of carbonyl (C=O) groups excluding carboxylic acids is 3. The Morgan fingerprint density at radius 3 is 2.19 bits per heavy atom. The third kappa shape index (κ3) is 6.13. The number of benzene rings is 2. The first kappa shape index (κ1) is 19.9. The number of nitrogens with zero attached hydrogens (tertiary/aromatic N) is 1. The van der Waals surface area contributed by atoms with Crippen molar-refractivity contribution in [2.75, 3.05) is 10.6 Å². The van der Waals surface area contributed by atoms with Gasteiger partial charge in [-0.2, -0.15) is 5.26 Å². The Kier molecular flexibility index (Phi) is 6.92. The van der Waals surface area contributed by atoms with E-state index in [0.29, 0.717) is 16.4 Å². The second-order valence-electron chi connectivity index (χ2n) is 5.50. The van der Waals surface area contributed by atoms with Gasteiger partial charge in [0.2, 0.25) is 5.91 Å². The molecule has 0 aliphatic carbocycles. The summed E-state index contributed by atoms with van der Waals surface area (Å²) in [5, 5.41) is 14.1. The number of amides is 2. The minimum atomic E-state index is -1.01. The van der Waals surface area contributed by atoms with E-state index >= 15 is 0 Å². The molecule has 0 radical (unpaired) electrons. The van der Waals surface area contributed by atoms with Crippen LogP contribution < -0.4 is 10.6 Å². The lowest BCUT2D eigenvalue weighted by molar-refractivity contribution is -0.123. The van der Waals surface area contributed by atoms with Gasteiger partial charge >= 0.3 is 5.97 Å². The highest BCUT2D eigenvalue weighted by atomic mass is 35.5. The van der Waals surface area contributed by atoms with Crippen LogP contribution in [-0.2, 0) is 14.3 Å². The molecular weight excluding hydrogens is 370 g/mol. The molecule has 8 heteroatoms. The molecule has 0 saturated carbocycles. The summed E-state index contributed by atoms with van der Waals surface area (Å²) in [6, 6.07) is 14.2. The molecule has 0 spiro atoms. The summed E-state index contributed by atoms with van der Waals surface area (Å²) >= 11 is 5.78. The van der Waals surface area contributed by atoms with Crippen LogP contribution >= 0.6 is 11.6 Å². The summed E-state index contributed by atoms with van der Waals surface area (Å²) in [5.74, 6) is -1.60. The fourth-order valence-corrected chi connectivity index (χ4v) is 2.15. The van der Waals surface area contributed by atoms with Crippen molar-refractivity contribution in [3.63, 3.8) is 0 Å². The van der Waals surface area contributed by atoms with E-state index in [1.807, 2.05) is 0 Å². The Labute approximate surface area is 160 Å². The van der Waals surface area contributed by atoms with E-state index in [-0.39, 0.29) is 12.0 Å². The van der Waals surface area contributed by atoms with Gasteiger partial charge < -0.3 is 15.4 Å². The van der Waals surface area contributed by atoms with Crippen LogP contribution in [-0.4, -0.2) is 23.9 Å². The quantitative estimate of drug-likeness (QED) is 0.741. The summed E-state index contributed by atoms with van der Waals surface area (Å²) in [4.78, 5) is 35.6. The molecular formula is C19H16ClN3O4. The molecule has 2 rings (SSSR count). The van der Waals surface area contributed by atoms with Crippen molar-refractivity contribution in [2.45, 2.75) is 19.4 Å². The van der Waals surface area contributed by atoms with Crippen molar-refractivity contribution in [3.8, 4) is 6.07 Å². The van der Waals surface area contributed by atoms with Gasteiger partial charge in [-0.15, -0.1) is 0 Å². The zero-order valence-electron chi connectivity index (χ0n) is 14.4. The Morgan fingerprint density at radius 1 is 1.04 bits per heavy atom. The lowest BCUT2D eigenvalue weighted by Gasteiger charge is -2.14. The van der Waals surface area contributed by atoms with E-state index in [2.05, 4.69) is 10.6 Å². The summed E-state index contributed by atoms with van der Waals surface area (Å²) < 4.78 is 5.15. The molecule has 0 aromatic heterocycles.